The van der Waals surface area contributed by atoms with E-state index in [4.69, 9.17) is 14.2 Å². The van der Waals surface area contributed by atoms with Gasteiger partial charge in [-0.05, 0) is 41.5 Å². The van der Waals surface area contributed by atoms with E-state index < -0.39 is 5.97 Å². The summed E-state index contributed by atoms with van der Waals surface area (Å²) in [5, 5.41) is 6.04. The second-order valence-electron chi connectivity index (χ2n) is 11.7. The number of benzene rings is 3. The summed E-state index contributed by atoms with van der Waals surface area (Å²) in [4.78, 5) is 25.5. The van der Waals surface area contributed by atoms with E-state index in [-0.39, 0.29) is 5.91 Å². The van der Waals surface area contributed by atoms with E-state index in [1.54, 1.807) is 30.5 Å². The number of hydrogen-bond acceptors (Lipinski definition) is 6. The number of methoxy groups -OCH3 is 2. The summed E-state index contributed by atoms with van der Waals surface area (Å²) in [6.45, 7) is 2.27. The number of esters is 1. The van der Waals surface area contributed by atoms with Gasteiger partial charge in [0.15, 0.2) is 11.5 Å². The van der Waals surface area contributed by atoms with Crippen molar-refractivity contribution in [2.24, 2.45) is 5.10 Å². The van der Waals surface area contributed by atoms with Gasteiger partial charge >= 0.3 is 5.97 Å². The first-order chi connectivity index (χ1) is 22.1. The smallest absolute Gasteiger partial charge is 0.343 e. The van der Waals surface area contributed by atoms with Gasteiger partial charge in [-0.2, -0.15) is 5.10 Å². The minimum absolute atomic E-state index is 0.120. The monoisotopic (exact) mass is 616 g/mol. The van der Waals surface area contributed by atoms with Gasteiger partial charge in [0.2, 0.25) is 5.91 Å². The highest BCUT2D eigenvalue weighted by atomic mass is 16.5. The summed E-state index contributed by atoms with van der Waals surface area (Å²) < 4.78 is 16.4. The molecule has 0 unspecified atom stereocenters. The van der Waals surface area contributed by atoms with Crippen molar-refractivity contribution >= 4 is 28.9 Å². The molecule has 3 rings (SSSR count). The molecule has 0 bridgehead atoms. The fraction of sp³-hybridized carbons (Fsp3) is 0.500. The van der Waals surface area contributed by atoms with Crippen LogP contribution in [0.4, 0.5) is 0 Å². The number of hydrazone groups is 1. The molecule has 244 valence electrons. The number of rotatable bonds is 22. The molecule has 0 spiro atoms. The van der Waals surface area contributed by atoms with Gasteiger partial charge in [0.25, 0.3) is 0 Å². The number of carbonyl (C=O) groups is 2. The lowest BCUT2D eigenvalue weighted by Gasteiger charge is -2.12. The second kappa shape index (κ2) is 21.0. The maximum Gasteiger partial charge on any atom is 0.343 e. The molecule has 3 aromatic rings. The van der Waals surface area contributed by atoms with Crippen LogP contribution in [-0.2, 0) is 4.79 Å². The fourth-order valence-corrected chi connectivity index (χ4v) is 5.50. The van der Waals surface area contributed by atoms with Gasteiger partial charge in [-0.1, -0.05) is 127 Å². The predicted octanol–water partition coefficient (Wildman–Crippen LogP) is 9.79. The maximum atomic E-state index is 13.0. The van der Waals surface area contributed by atoms with Gasteiger partial charge in [0, 0.05) is 12.0 Å². The molecule has 0 saturated heterocycles. The average Bonchev–Trinajstić information content (AvgIpc) is 3.06. The van der Waals surface area contributed by atoms with E-state index in [2.05, 4.69) is 17.5 Å². The Balaban J connectivity index is 1.41. The fourth-order valence-electron chi connectivity index (χ4n) is 5.50. The summed E-state index contributed by atoms with van der Waals surface area (Å²) >= 11 is 0. The Hall–Kier alpha value is -3.87. The first kappa shape index (κ1) is 35.6. The highest BCUT2D eigenvalue weighted by Gasteiger charge is 2.16. The van der Waals surface area contributed by atoms with Gasteiger partial charge in [-0.15, -0.1) is 0 Å². The van der Waals surface area contributed by atoms with Crippen LogP contribution in [0.15, 0.2) is 59.7 Å². The van der Waals surface area contributed by atoms with Crippen molar-refractivity contribution < 1.29 is 23.8 Å². The molecule has 1 N–H and O–H groups in total. The third-order valence-electron chi connectivity index (χ3n) is 8.14. The molecule has 7 heteroatoms. The molecule has 0 atom stereocenters. The third kappa shape index (κ3) is 12.6. The summed E-state index contributed by atoms with van der Waals surface area (Å²) in [6.07, 6.45) is 21.3. The van der Waals surface area contributed by atoms with Crippen LogP contribution in [0.3, 0.4) is 0 Å². The zero-order valence-corrected chi connectivity index (χ0v) is 27.6. The molecule has 0 radical (unpaired) electrons. The van der Waals surface area contributed by atoms with Crippen molar-refractivity contribution in [3.05, 3.63) is 65.7 Å². The number of amides is 1. The molecule has 0 saturated carbocycles. The molecule has 0 aliphatic rings. The molecule has 0 aromatic heterocycles. The highest BCUT2D eigenvalue weighted by Crippen LogP contribution is 2.30. The van der Waals surface area contributed by atoms with Crippen LogP contribution in [0.2, 0.25) is 0 Å². The number of ether oxygens (including phenoxy) is 3. The van der Waals surface area contributed by atoms with E-state index in [1.165, 1.54) is 97.7 Å². The van der Waals surface area contributed by atoms with Gasteiger partial charge < -0.3 is 14.2 Å². The standard InChI is InChI=1S/C38H52N2O5/c1-4-5-6-7-8-9-10-11-12-13-14-15-16-17-18-23-37(41)40-39-29-33-32-22-20-19-21-30(32)24-26-34(33)45-38(42)31-25-27-35(43-2)36(28-31)44-3/h19-22,24-29H,4-18,23H2,1-3H3,(H,40,41)/b39-29-. The Morgan fingerprint density at radius 1 is 0.689 bits per heavy atom. The van der Waals surface area contributed by atoms with E-state index >= 15 is 0 Å². The summed E-state index contributed by atoms with van der Waals surface area (Å²) in [5.41, 5.74) is 3.57. The number of fused-ring (bicyclic) bond motifs is 1. The molecule has 3 aromatic carbocycles. The van der Waals surface area contributed by atoms with E-state index in [0.29, 0.717) is 34.8 Å². The number of hydrogen-bond donors (Lipinski definition) is 1. The topological polar surface area (TPSA) is 86.2 Å². The molecule has 45 heavy (non-hydrogen) atoms. The molecule has 0 heterocycles. The number of unbranched alkanes of at least 4 members (excludes halogenated alkanes) is 14. The Labute approximate surface area is 269 Å². The molecule has 0 aliphatic carbocycles. The van der Waals surface area contributed by atoms with Crippen molar-refractivity contribution in [2.45, 2.75) is 110 Å². The normalized spacial score (nSPS) is 11.2. The van der Waals surface area contributed by atoms with Crippen LogP contribution >= 0.6 is 0 Å². The van der Waals surface area contributed by atoms with Crippen molar-refractivity contribution in [3.63, 3.8) is 0 Å². The van der Waals surface area contributed by atoms with Gasteiger partial charge in [0.1, 0.15) is 5.75 Å². The first-order valence-electron chi connectivity index (χ1n) is 16.8. The van der Waals surface area contributed by atoms with Crippen LogP contribution in [0.25, 0.3) is 10.8 Å². The van der Waals surface area contributed by atoms with Gasteiger partial charge in [-0.3, -0.25) is 4.79 Å². The van der Waals surface area contributed by atoms with E-state index in [1.807, 2.05) is 30.3 Å². The lowest BCUT2D eigenvalue weighted by Crippen LogP contribution is -2.17. The lowest BCUT2D eigenvalue weighted by molar-refractivity contribution is -0.121. The second-order valence-corrected chi connectivity index (χ2v) is 11.7. The van der Waals surface area contributed by atoms with Gasteiger partial charge in [0.05, 0.1) is 26.0 Å². The van der Waals surface area contributed by atoms with Crippen molar-refractivity contribution in [1.82, 2.24) is 5.43 Å². The van der Waals surface area contributed by atoms with Gasteiger partial charge in [-0.25, -0.2) is 10.2 Å². The van der Waals surface area contributed by atoms with Crippen molar-refractivity contribution in [1.29, 1.82) is 0 Å². The minimum atomic E-state index is -0.543. The Morgan fingerprint density at radius 2 is 1.27 bits per heavy atom. The quantitative estimate of drug-likeness (QED) is 0.0399. The minimum Gasteiger partial charge on any atom is -0.493 e. The number of nitrogens with zero attached hydrogens (tertiary/aromatic N) is 1. The summed E-state index contributed by atoms with van der Waals surface area (Å²) in [7, 11) is 3.05. The highest BCUT2D eigenvalue weighted by molar-refractivity contribution is 6.04. The number of carbonyl (C=O) groups excluding carboxylic acids is 2. The largest absolute Gasteiger partial charge is 0.493 e. The van der Waals surface area contributed by atoms with E-state index in [9.17, 15) is 9.59 Å². The summed E-state index contributed by atoms with van der Waals surface area (Å²) in [6, 6.07) is 16.2. The predicted molar refractivity (Wildman–Crippen MR) is 184 cm³/mol. The first-order valence-corrected chi connectivity index (χ1v) is 16.8. The maximum absolute atomic E-state index is 13.0. The summed E-state index contributed by atoms with van der Waals surface area (Å²) in [5.74, 6) is 0.633. The lowest BCUT2D eigenvalue weighted by atomic mass is 10.0. The Kier molecular flexibility index (Phi) is 16.6. The van der Waals surface area contributed by atoms with Crippen LogP contribution in [-0.4, -0.2) is 32.3 Å². The SMILES string of the molecule is CCCCCCCCCCCCCCCCCC(=O)N/N=C\c1c(OC(=O)c2ccc(OC)c(OC)c2)ccc2ccccc12. The molecule has 7 nitrogen and oxygen atoms in total. The van der Waals surface area contributed by atoms with Crippen LogP contribution < -0.4 is 19.6 Å². The molecular formula is C38H52N2O5. The van der Waals surface area contributed by atoms with Crippen LogP contribution in [0.1, 0.15) is 126 Å². The molecule has 0 fully saturated rings. The van der Waals surface area contributed by atoms with E-state index in [0.717, 1.165) is 23.6 Å². The molecule has 0 aliphatic heterocycles. The zero-order chi connectivity index (χ0) is 32.1. The average molecular weight is 617 g/mol. The number of nitrogens with one attached hydrogen (secondary N) is 1. The Morgan fingerprint density at radius 3 is 1.89 bits per heavy atom. The zero-order valence-electron chi connectivity index (χ0n) is 27.6. The third-order valence-corrected chi connectivity index (χ3v) is 8.14. The molecule has 1 amide bonds. The van der Waals surface area contributed by atoms with Crippen LogP contribution in [0.5, 0.6) is 17.2 Å². The van der Waals surface area contributed by atoms with Crippen molar-refractivity contribution in [3.8, 4) is 17.2 Å². The van der Waals surface area contributed by atoms with Crippen LogP contribution in [0, 0.1) is 0 Å². The van der Waals surface area contributed by atoms with Crippen molar-refractivity contribution in [2.75, 3.05) is 14.2 Å². The molecular weight excluding hydrogens is 564 g/mol. The Bertz CT molecular complexity index is 1350.